The summed E-state index contributed by atoms with van der Waals surface area (Å²) >= 11 is 0. The predicted molar refractivity (Wildman–Crippen MR) is 131 cm³/mol. The average Bonchev–Trinajstić information content (AvgIpc) is 3.34. The van der Waals surface area contributed by atoms with Gasteiger partial charge in [0.25, 0.3) is 11.5 Å². The minimum atomic E-state index is -0.789. The van der Waals surface area contributed by atoms with Crippen molar-refractivity contribution >= 4 is 28.4 Å². The van der Waals surface area contributed by atoms with Gasteiger partial charge in [-0.15, -0.1) is 0 Å². The maximum atomic E-state index is 13.1. The third-order valence-electron chi connectivity index (χ3n) is 5.93. The standard InChI is InChI=1S/C27H22N4O4/c1-30-25(32)14-13-22(28-30)27(34)35-17-26(33)31-24(19-8-3-2-4-9-19)16-23(29-31)21-12-11-18-7-5-6-10-20(18)15-21/h2-15,24H,16-17H2,1H3. The summed E-state index contributed by atoms with van der Waals surface area (Å²) in [5, 5.41) is 12.1. The molecule has 1 atom stereocenters. The molecule has 0 spiro atoms. The summed E-state index contributed by atoms with van der Waals surface area (Å²) in [4.78, 5) is 37.0. The molecule has 8 heteroatoms. The normalized spacial score (nSPS) is 15.2. The molecular weight excluding hydrogens is 444 g/mol. The van der Waals surface area contributed by atoms with E-state index in [1.54, 1.807) is 0 Å². The van der Waals surface area contributed by atoms with Crippen LogP contribution in [0, 0.1) is 0 Å². The van der Waals surface area contributed by atoms with Gasteiger partial charge in [0.15, 0.2) is 12.3 Å². The Labute approximate surface area is 201 Å². The Kier molecular flexibility index (Phi) is 5.93. The van der Waals surface area contributed by atoms with Crippen molar-refractivity contribution in [3.8, 4) is 0 Å². The highest BCUT2D eigenvalue weighted by molar-refractivity contribution is 6.05. The number of fused-ring (bicyclic) bond motifs is 1. The lowest BCUT2D eigenvalue weighted by molar-refractivity contribution is -0.136. The van der Waals surface area contributed by atoms with Crippen LogP contribution in [0.3, 0.4) is 0 Å². The van der Waals surface area contributed by atoms with Gasteiger partial charge in [-0.3, -0.25) is 9.59 Å². The van der Waals surface area contributed by atoms with Crippen LogP contribution in [0.15, 0.2) is 94.8 Å². The summed E-state index contributed by atoms with van der Waals surface area (Å²) < 4.78 is 6.23. The Balaban J connectivity index is 1.39. The Bertz CT molecular complexity index is 1510. The number of ether oxygens (including phenoxy) is 1. The highest BCUT2D eigenvalue weighted by Crippen LogP contribution is 2.33. The molecular formula is C27H22N4O4. The van der Waals surface area contributed by atoms with Gasteiger partial charge >= 0.3 is 5.97 Å². The number of rotatable bonds is 5. The number of benzene rings is 3. The first-order valence-corrected chi connectivity index (χ1v) is 11.1. The van der Waals surface area contributed by atoms with Crippen molar-refractivity contribution in [2.75, 3.05) is 6.61 Å². The van der Waals surface area contributed by atoms with E-state index in [0.29, 0.717) is 6.42 Å². The predicted octanol–water partition coefficient (Wildman–Crippen LogP) is 3.47. The molecule has 1 aliphatic rings. The minimum absolute atomic E-state index is 0.0544. The maximum absolute atomic E-state index is 13.1. The summed E-state index contributed by atoms with van der Waals surface area (Å²) in [5.41, 5.74) is 2.25. The molecule has 0 saturated heterocycles. The van der Waals surface area contributed by atoms with Crippen LogP contribution >= 0.6 is 0 Å². The van der Waals surface area contributed by atoms with Gasteiger partial charge in [-0.2, -0.15) is 10.2 Å². The Morgan fingerprint density at radius 1 is 0.943 bits per heavy atom. The van der Waals surface area contributed by atoms with Crippen LogP contribution in [0.2, 0.25) is 0 Å². The molecule has 5 rings (SSSR count). The molecule has 174 valence electrons. The van der Waals surface area contributed by atoms with E-state index in [1.807, 2.05) is 66.7 Å². The zero-order chi connectivity index (χ0) is 24.4. The largest absolute Gasteiger partial charge is 0.451 e. The second-order valence-electron chi connectivity index (χ2n) is 8.23. The summed E-state index contributed by atoms with van der Waals surface area (Å²) in [6.45, 7) is -0.499. The smallest absolute Gasteiger partial charge is 0.359 e. The van der Waals surface area contributed by atoms with Crippen molar-refractivity contribution in [2.45, 2.75) is 12.5 Å². The average molecular weight is 466 g/mol. The van der Waals surface area contributed by atoms with Gasteiger partial charge in [0.05, 0.1) is 11.8 Å². The highest BCUT2D eigenvalue weighted by atomic mass is 16.5. The van der Waals surface area contributed by atoms with Gasteiger partial charge in [-0.25, -0.2) is 14.5 Å². The molecule has 1 aromatic heterocycles. The topological polar surface area (TPSA) is 93.9 Å². The number of amides is 1. The zero-order valence-corrected chi connectivity index (χ0v) is 19.0. The fourth-order valence-corrected chi connectivity index (χ4v) is 4.10. The van der Waals surface area contributed by atoms with E-state index >= 15 is 0 Å². The summed E-state index contributed by atoms with van der Waals surface area (Å²) in [6.07, 6.45) is 0.532. The molecule has 0 fully saturated rings. The third-order valence-corrected chi connectivity index (χ3v) is 5.93. The van der Waals surface area contributed by atoms with Crippen LogP contribution in [-0.4, -0.2) is 39.0 Å². The van der Waals surface area contributed by atoms with Crippen LogP contribution in [-0.2, 0) is 16.6 Å². The number of nitrogens with zero attached hydrogens (tertiary/aromatic N) is 4. The Morgan fingerprint density at radius 2 is 1.69 bits per heavy atom. The number of esters is 1. The molecule has 0 radical (unpaired) electrons. The van der Waals surface area contributed by atoms with E-state index < -0.39 is 18.5 Å². The number of carbonyl (C=O) groups is 2. The molecule has 0 saturated carbocycles. The number of carbonyl (C=O) groups excluding carboxylic acids is 2. The van der Waals surface area contributed by atoms with Crippen LogP contribution < -0.4 is 5.56 Å². The second-order valence-corrected chi connectivity index (χ2v) is 8.23. The molecule has 3 aromatic carbocycles. The molecule has 1 amide bonds. The Hall–Kier alpha value is -4.59. The van der Waals surface area contributed by atoms with Gasteiger partial charge < -0.3 is 4.74 Å². The van der Waals surface area contributed by atoms with Gasteiger partial charge in [0.1, 0.15) is 0 Å². The van der Waals surface area contributed by atoms with Gasteiger partial charge in [0, 0.05) is 19.5 Å². The lowest BCUT2D eigenvalue weighted by atomic mass is 9.97. The molecule has 1 unspecified atom stereocenters. The Morgan fingerprint density at radius 3 is 2.46 bits per heavy atom. The second kappa shape index (κ2) is 9.34. The van der Waals surface area contributed by atoms with Crippen LogP contribution in [0.25, 0.3) is 10.8 Å². The van der Waals surface area contributed by atoms with Crippen molar-refractivity contribution in [1.82, 2.24) is 14.8 Å². The van der Waals surface area contributed by atoms with Gasteiger partial charge in [0.2, 0.25) is 0 Å². The minimum Gasteiger partial charge on any atom is -0.451 e. The molecule has 0 aliphatic carbocycles. The molecule has 4 aromatic rings. The van der Waals surface area contributed by atoms with Gasteiger partial charge in [-0.1, -0.05) is 66.7 Å². The first-order chi connectivity index (χ1) is 17.0. The van der Waals surface area contributed by atoms with Crippen LogP contribution in [0.1, 0.15) is 34.1 Å². The van der Waals surface area contributed by atoms with E-state index in [-0.39, 0.29) is 17.3 Å². The lowest BCUT2D eigenvalue weighted by Crippen LogP contribution is -2.31. The number of aromatic nitrogens is 2. The van der Waals surface area contributed by atoms with Crippen molar-refractivity contribution < 1.29 is 14.3 Å². The number of hydrogen-bond donors (Lipinski definition) is 0. The quantitative estimate of drug-likeness (QED) is 0.420. The van der Waals surface area contributed by atoms with E-state index in [4.69, 9.17) is 4.74 Å². The maximum Gasteiger partial charge on any atom is 0.359 e. The van der Waals surface area contributed by atoms with Crippen molar-refractivity contribution in [1.29, 1.82) is 0 Å². The molecule has 35 heavy (non-hydrogen) atoms. The lowest BCUT2D eigenvalue weighted by Gasteiger charge is -2.21. The molecule has 2 heterocycles. The summed E-state index contributed by atoms with van der Waals surface area (Å²) in [7, 11) is 1.43. The molecule has 1 aliphatic heterocycles. The molecule has 8 nitrogen and oxygen atoms in total. The van der Waals surface area contributed by atoms with Crippen molar-refractivity contribution in [2.24, 2.45) is 12.1 Å². The highest BCUT2D eigenvalue weighted by Gasteiger charge is 2.33. The molecule has 0 N–H and O–H groups in total. The SMILES string of the molecule is Cn1nc(C(=O)OCC(=O)N2N=C(c3ccc4ccccc4c3)CC2c2ccccc2)ccc1=O. The van der Waals surface area contributed by atoms with E-state index in [2.05, 4.69) is 16.3 Å². The van der Waals surface area contributed by atoms with E-state index in [0.717, 1.165) is 32.3 Å². The van der Waals surface area contributed by atoms with Crippen LogP contribution in [0.5, 0.6) is 0 Å². The molecule has 0 bridgehead atoms. The van der Waals surface area contributed by atoms with Crippen molar-refractivity contribution in [3.05, 3.63) is 112 Å². The summed E-state index contributed by atoms with van der Waals surface area (Å²) in [6, 6.07) is 26.0. The fraction of sp³-hybridized carbons (Fsp3) is 0.148. The third kappa shape index (κ3) is 4.59. The monoisotopic (exact) mass is 466 g/mol. The first kappa shape index (κ1) is 22.2. The van der Waals surface area contributed by atoms with Crippen molar-refractivity contribution in [3.63, 3.8) is 0 Å². The van der Waals surface area contributed by atoms with Gasteiger partial charge in [-0.05, 0) is 34.0 Å². The van der Waals surface area contributed by atoms with E-state index in [1.165, 1.54) is 24.2 Å². The fourth-order valence-electron chi connectivity index (χ4n) is 4.10. The number of hydrazone groups is 1. The first-order valence-electron chi connectivity index (χ1n) is 11.1. The zero-order valence-electron chi connectivity index (χ0n) is 19.0. The summed E-state index contributed by atoms with van der Waals surface area (Å²) in [5.74, 6) is -1.24. The number of hydrogen-bond acceptors (Lipinski definition) is 6. The van der Waals surface area contributed by atoms with Crippen LogP contribution in [0.4, 0.5) is 0 Å². The number of aryl methyl sites for hydroxylation is 1. The van der Waals surface area contributed by atoms with E-state index in [9.17, 15) is 14.4 Å².